The van der Waals surface area contributed by atoms with E-state index in [-0.39, 0.29) is 18.3 Å². The summed E-state index contributed by atoms with van der Waals surface area (Å²) in [7, 11) is 0. The van der Waals surface area contributed by atoms with Crippen LogP contribution in [0.2, 0.25) is 0 Å². The number of benzene rings is 2. The van der Waals surface area contributed by atoms with Crippen molar-refractivity contribution in [1.29, 1.82) is 0 Å². The number of carbonyl (C=O) groups excluding carboxylic acids is 3. The molecule has 3 rings (SSSR count). The van der Waals surface area contributed by atoms with Gasteiger partial charge in [0.05, 0.1) is 0 Å². The van der Waals surface area contributed by atoms with Gasteiger partial charge in [-0.15, -0.1) is 0 Å². The third-order valence-corrected chi connectivity index (χ3v) is 5.57. The highest BCUT2D eigenvalue weighted by molar-refractivity contribution is 5.94. The Morgan fingerprint density at radius 1 is 1.00 bits per heavy atom. The topological polar surface area (TPSA) is 72.9 Å². The third kappa shape index (κ3) is 6.67. The van der Waals surface area contributed by atoms with Crippen LogP contribution in [0.15, 0.2) is 54.6 Å². The number of nitrogens with zero attached hydrogens (tertiary/aromatic N) is 1. The molecule has 1 aliphatic heterocycles. The van der Waals surface area contributed by atoms with Crippen molar-refractivity contribution in [2.45, 2.75) is 39.2 Å². The molecule has 0 unspecified atom stereocenters. The summed E-state index contributed by atoms with van der Waals surface area (Å²) < 4.78 is 10.7. The summed E-state index contributed by atoms with van der Waals surface area (Å²) in [6, 6.07) is 16.9. The Morgan fingerprint density at radius 2 is 1.65 bits per heavy atom. The minimum absolute atomic E-state index is 0.0394. The molecule has 1 atom stereocenters. The minimum Gasteiger partial charge on any atom is -0.482 e. The lowest BCUT2D eigenvalue weighted by atomic mass is 9.90. The molecule has 2 aromatic carbocycles. The number of hydrogen-bond donors (Lipinski definition) is 0. The van der Waals surface area contributed by atoms with E-state index in [1.165, 1.54) is 12.5 Å². The van der Waals surface area contributed by atoms with Gasteiger partial charge in [0.1, 0.15) is 5.75 Å². The molecule has 31 heavy (non-hydrogen) atoms. The SMILES string of the molecule is CC(=O)c1ccc(OCC(=O)O[C@H](C)C(=O)N2CCC(Cc3ccccc3)CC2)cc1. The molecule has 1 saturated heterocycles. The van der Waals surface area contributed by atoms with Crippen LogP contribution < -0.4 is 4.74 Å². The molecular weight excluding hydrogens is 394 g/mol. The van der Waals surface area contributed by atoms with E-state index in [9.17, 15) is 14.4 Å². The van der Waals surface area contributed by atoms with Crippen LogP contribution in [0.5, 0.6) is 5.75 Å². The molecule has 6 heteroatoms. The maximum absolute atomic E-state index is 12.7. The first kappa shape index (κ1) is 22.5. The lowest BCUT2D eigenvalue weighted by Gasteiger charge is -2.33. The molecule has 1 fully saturated rings. The Labute approximate surface area is 183 Å². The van der Waals surface area contributed by atoms with Crippen molar-refractivity contribution in [3.8, 4) is 5.75 Å². The van der Waals surface area contributed by atoms with Gasteiger partial charge >= 0.3 is 5.97 Å². The highest BCUT2D eigenvalue weighted by atomic mass is 16.6. The van der Waals surface area contributed by atoms with Crippen LogP contribution in [0.4, 0.5) is 0 Å². The molecule has 164 valence electrons. The van der Waals surface area contributed by atoms with Crippen molar-refractivity contribution >= 4 is 17.7 Å². The predicted molar refractivity (Wildman–Crippen MR) is 117 cm³/mol. The first-order valence-corrected chi connectivity index (χ1v) is 10.7. The van der Waals surface area contributed by atoms with E-state index in [4.69, 9.17) is 9.47 Å². The molecule has 1 heterocycles. The molecule has 0 radical (unpaired) electrons. The van der Waals surface area contributed by atoms with E-state index in [0.717, 1.165) is 19.3 Å². The van der Waals surface area contributed by atoms with Crippen molar-refractivity contribution < 1.29 is 23.9 Å². The largest absolute Gasteiger partial charge is 0.482 e. The fourth-order valence-electron chi connectivity index (χ4n) is 3.77. The zero-order valence-electron chi connectivity index (χ0n) is 18.1. The number of likely N-dealkylation sites (tertiary alicyclic amines) is 1. The quantitative estimate of drug-likeness (QED) is 0.478. The molecular formula is C25H29NO5. The first-order chi connectivity index (χ1) is 14.9. The predicted octanol–water partition coefficient (Wildman–Crippen LogP) is 3.68. The highest BCUT2D eigenvalue weighted by Crippen LogP contribution is 2.22. The first-order valence-electron chi connectivity index (χ1n) is 10.7. The molecule has 0 spiro atoms. The van der Waals surface area contributed by atoms with Crippen LogP contribution >= 0.6 is 0 Å². The van der Waals surface area contributed by atoms with Gasteiger partial charge in [-0.25, -0.2) is 4.79 Å². The second kappa shape index (κ2) is 10.8. The highest BCUT2D eigenvalue weighted by Gasteiger charge is 2.28. The zero-order chi connectivity index (χ0) is 22.2. The van der Waals surface area contributed by atoms with Gasteiger partial charge in [-0.05, 0) is 68.9 Å². The van der Waals surface area contributed by atoms with Crippen LogP contribution in [0, 0.1) is 5.92 Å². The second-order valence-corrected chi connectivity index (χ2v) is 7.96. The van der Waals surface area contributed by atoms with E-state index < -0.39 is 12.1 Å². The summed E-state index contributed by atoms with van der Waals surface area (Å²) in [5, 5.41) is 0. The summed E-state index contributed by atoms with van der Waals surface area (Å²) in [6.45, 7) is 4.14. The lowest BCUT2D eigenvalue weighted by molar-refractivity contribution is -0.161. The Balaban J connectivity index is 1.39. The maximum atomic E-state index is 12.7. The molecule has 0 saturated carbocycles. The summed E-state index contributed by atoms with van der Waals surface area (Å²) in [4.78, 5) is 37.8. The minimum atomic E-state index is -0.845. The zero-order valence-corrected chi connectivity index (χ0v) is 18.1. The van der Waals surface area contributed by atoms with Crippen molar-refractivity contribution in [2.24, 2.45) is 5.92 Å². The van der Waals surface area contributed by atoms with Crippen LogP contribution in [0.3, 0.4) is 0 Å². The Bertz CT molecular complexity index is 886. The van der Waals surface area contributed by atoms with Gasteiger partial charge in [0, 0.05) is 18.7 Å². The number of esters is 1. The van der Waals surface area contributed by atoms with Gasteiger partial charge in [-0.3, -0.25) is 9.59 Å². The van der Waals surface area contributed by atoms with E-state index in [1.807, 2.05) is 6.07 Å². The van der Waals surface area contributed by atoms with E-state index in [2.05, 4.69) is 24.3 Å². The fraction of sp³-hybridized carbons (Fsp3) is 0.400. The van der Waals surface area contributed by atoms with Crippen molar-refractivity contribution in [3.05, 3.63) is 65.7 Å². The Hall–Kier alpha value is -3.15. The normalized spacial score (nSPS) is 15.2. The van der Waals surface area contributed by atoms with E-state index >= 15 is 0 Å². The number of ketones is 1. The lowest BCUT2D eigenvalue weighted by Crippen LogP contribution is -2.44. The summed E-state index contributed by atoms with van der Waals surface area (Å²) in [5.74, 6) is 0.212. The van der Waals surface area contributed by atoms with Crippen LogP contribution in [0.1, 0.15) is 42.6 Å². The third-order valence-electron chi connectivity index (χ3n) is 5.57. The molecule has 6 nitrogen and oxygen atoms in total. The monoisotopic (exact) mass is 423 g/mol. The molecule has 0 N–H and O–H groups in total. The van der Waals surface area contributed by atoms with Crippen molar-refractivity contribution in [3.63, 3.8) is 0 Å². The number of ether oxygens (including phenoxy) is 2. The number of rotatable bonds is 8. The number of piperidine rings is 1. The number of carbonyl (C=O) groups is 3. The molecule has 1 amide bonds. The van der Waals surface area contributed by atoms with Crippen LogP contribution in [0.25, 0.3) is 0 Å². The average molecular weight is 424 g/mol. The summed E-state index contributed by atoms with van der Waals surface area (Å²) in [6.07, 6.45) is 2.07. The van der Waals surface area contributed by atoms with Gasteiger partial charge in [-0.1, -0.05) is 30.3 Å². The standard InChI is InChI=1S/C25H29NO5/c1-18(27)22-8-10-23(11-9-22)30-17-24(28)31-19(2)25(29)26-14-12-21(13-15-26)16-20-6-4-3-5-7-20/h3-11,19,21H,12-17H2,1-2H3/t19-/m1/s1. The number of Topliss-reactive ketones (excluding diaryl/α,β-unsaturated/α-hetero) is 1. The molecule has 2 aromatic rings. The van der Waals surface area contributed by atoms with Crippen LogP contribution in [-0.4, -0.2) is 48.4 Å². The van der Waals surface area contributed by atoms with E-state index in [1.54, 1.807) is 36.1 Å². The van der Waals surface area contributed by atoms with Gasteiger partial charge in [0.25, 0.3) is 5.91 Å². The second-order valence-electron chi connectivity index (χ2n) is 7.96. The smallest absolute Gasteiger partial charge is 0.344 e. The molecule has 1 aliphatic rings. The number of hydrogen-bond acceptors (Lipinski definition) is 5. The maximum Gasteiger partial charge on any atom is 0.344 e. The van der Waals surface area contributed by atoms with Crippen molar-refractivity contribution in [2.75, 3.05) is 19.7 Å². The Morgan fingerprint density at radius 3 is 2.26 bits per heavy atom. The van der Waals surface area contributed by atoms with Gasteiger partial charge in [0.15, 0.2) is 18.5 Å². The summed E-state index contributed by atoms with van der Waals surface area (Å²) in [5.41, 5.74) is 1.90. The fourth-order valence-corrected chi connectivity index (χ4v) is 3.77. The van der Waals surface area contributed by atoms with E-state index in [0.29, 0.717) is 30.3 Å². The van der Waals surface area contributed by atoms with Gasteiger partial charge in [0.2, 0.25) is 0 Å². The van der Waals surface area contributed by atoms with Crippen LogP contribution in [-0.2, 0) is 20.7 Å². The number of amides is 1. The molecule has 0 aromatic heterocycles. The summed E-state index contributed by atoms with van der Waals surface area (Å²) >= 11 is 0. The molecule has 0 bridgehead atoms. The van der Waals surface area contributed by atoms with Crippen molar-refractivity contribution in [1.82, 2.24) is 4.90 Å². The Kier molecular flexibility index (Phi) is 7.82. The van der Waals surface area contributed by atoms with Gasteiger partial charge < -0.3 is 14.4 Å². The van der Waals surface area contributed by atoms with Gasteiger partial charge in [-0.2, -0.15) is 0 Å². The molecule has 0 aliphatic carbocycles. The average Bonchev–Trinajstić information content (AvgIpc) is 2.78.